The second kappa shape index (κ2) is 3.68. The first kappa shape index (κ1) is 9.64. The Labute approximate surface area is 87.3 Å². The summed E-state index contributed by atoms with van der Waals surface area (Å²) in [6.07, 6.45) is 6.95. The van der Waals surface area contributed by atoms with Gasteiger partial charge in [-0.05, 0) is 12.0 Å². The molecule has 15 heavy (non-hydrogen) atoms. The van der Waals surface area contributed by atoms with Crippen LogP contribution in [0.4, 0.5) is 0 Å². The molecule has 0 unspecified atom stereocenters. The number of aryl methyl sites for hydroxylation is 2. The van der Waals surface area contributed by atoms with Crippen molar-refractivity contribution in [3.05, 3.63) is 29.7 Å². The highest BCUT2D eigenvalue weighted by atomic mass is 16.1. The quantitative estimate of drug-likeness (QED) is 0.700. The smallest absolute Gasteiger partial charge is 0.162 e. The summed E-state index contributed by atoms with van der Waals surface area (Å²) in [6.45, 7) is 2.06. The van der Waals surface area contributed by atoms with Crippen LogP contribution in [0.25, 0.3) is 5.82 Å². The van der Waals surface area contributed by atoms with E-state index in [4.69, 9.17) is 0 Å². The Morgan fingerprint density at radius 2 is 2.20 bits per heavy atom. The van der Waals surface area contributed by atoms with Crippen molar-refractivity contribution in [2.75, 3.05) is 0 Å². The molecule has 0 aliphatic carbocycles. The maximum absolute atomic E-state index is 10.8. The van der Waals surface area contributed by atoms with Crippen LogP contribution in [0, 0.1) is 0 Å². The summed E-state index contributed by atoms with van der Waals surface area (Å²) in [6, 6.07) is 0. The maximum atomic E-state index is 10.8. The van der Waals surface area contributed by atoms with Crippen LogP contribution in [0.2, 0.25) is 0 Å². The average molecular weight is 204 g/mol. The molecule has 0 saturated heterocycles. The number of aromatic nitrogens is 4. The van der Waals surface area contributed by atoms with Gasteiger partial charge >= 0.3 is 0 Å². The lowest BCUT2D eigenvalue weighted by Crippen LogP contribution is -2.05. The minimum absolute atomic E-state index is 0.545. The van der Waals surface area contributed by atoms with Crippen LogP contribution in [0.15, 0.2) is 18.6 Å². The normalized spacial score (nSPS) is 10.5. The van der Waals surface area contributed by atoms with E-state index in [0.717, 1.165) is 18.3 Å². The second-order valence-electron chi connectivity index (χ2n) is 3.31. The Morgan fingerprint density at radius 1 is 1.40 bits per heavy atom. The molecule has 2 aromatic heterocycles. The van der Waals surface area contributed by atoms with Gasteiger partial charge in [-0.15, -0.1) is 0 Å². The summed E-state index contributed by atoms with van der Waals surface area (Å²) in [5.41, 5.74) is 1.68. The molecule has 0 amide bonds. The highest BCUT2D eigenvalue weighted by Crippen LogP contribution is 2.11. The highest BCUT2D eigenvalue weighted by molar-refractivity contribution is 5.79. The van der Waals surface area contributed by atoms with Gasteiger partial charge < -0.3 is 0 Å². The van der Waals surface area contributed by atoms with E-state index >= 15 is 0 Å². The van der Waals surface area contributed by atoms with E-state index in [2.05, 4.69) is 17.1 Å². The van der Waals surface area contributed by atoms with Crippen LogP contribution in [-0.2, 0) is 13.5 Å². The van der Waals surface area contributed by atoms with E-state index in [1.807, 2.05) is 6.20 Å². The Kier molecular flexibility index (Phi) is 2.37. The van der Waals surface area contributed by atoms with E-state index in [1.54, 1.807) is 22.6 Å². The predicted molar refractivity (Wildman–Crippen MR) is 55.1 cm³/mol. The van der Waals surface area contributed by atoms with Crippen molar-refractivity contribution in [2.45, 2.75) is 13.3 Å². The fourth-order valence-electron chi connectivity index (χ4n) is 1.47. The summed E-state index contributed by atoms with van der Waals surface area (Å²) in [5, 5.41) is 8.22. The van der Waals surface area contributed by atoms with Gasteiger partial charge in [-0.25, -0.2) is 4.68 Å². The number of carbonyl (C=O) groups excluding carboxylic acids is 1. The topological polar surface area (TPSA) is 52.7 Å². The molecule has 0 N–H and O–H groups in total. The number of hydrogen-bond acceptors (Lipinski definition) is 3. The molecule has 2 rings (SSSR count). The molecule has 5 heteroatoms. The predicted octanol–water partition coefficient (Wildman–Crippen LogP) is 0.981. The van der Waals surface area contributed by atoms with E-state index < -0.39 is 0 Å². The first-order valence-electron chi connectivity index (χ1n) is 4.77. The largest absolute Gasteiger partial charge is 0.298 e. The minimum Gasteiger partial charge on any atom is -0.298 e. The van der Waals surface area contributed by atoms with Crippen molar-refractivity contribution >= 4 is 6.29 Å². The van der Waals surface area contributed by atoms with Crippen LogP contribution in [0.5, 0.6) is 0 Å². The van der Waals surface area contributed by atoms with E-state index in [0.29, 0.717) is 11.4 Å². The summed E-state index contributed by atoms with van der Waals surface area (Å²) < 4.78 is 3.31. The standard InChI is InChI=1S/C10H12N4O/c1-3-8-4-12-14(6-8)10-9(7-15)5-11-13(10)2/h4-7H,3H2,1-2H3. The van der Waals surface area contributed by atoms with E-state index in [1.165, 1.54) is 6.20 Å². The number of carbonyl (C=O) groups is 1. The molecule has 0 radical (unpaired) electrons. The van der Waals surface area contributed by atoms with Crippen LogP contribution >= 0.6 is 0 Å². The molecule has 0 atom stereocenters. The van der Waals surface area contributed by atoms with Gasteiger partial charge in [-0.3, -0.25) is 9.48 Å². The lowest BCUT2D eigenvalue weighted by atomic mass is 10.3. The first-order chi connectivity index (χ1) is 7.26. The molecule has 0 aromatic carbocycles. The lowest BCUT2D eigenvalue weighted by molar-refractivity contribution is 0.112. The zero-order chi connectivity index (χ0) is 10.8. The molecule has 78 valence electrons. The van der Waals surface area contributed by atoms with Gasteiger partial charge in [-0.1, -0.05) is 6.92 Å². The fraction of sp³-hybridized carbons (Fsp3) is 0.300. The Morgan fingerprint density at radius 3 is 2.80 bits per heavy atom. The van der Waals surface area contributed by atoms with Crippen LogP contribution < -0.4 is 0 Å². The molecule has 2 aromatic rings. The maximum Gasteiger partial charge on any atom is 0.162 e. The van der Waals surface area contributed by atoms with Gasteiger partial charge in [0, 0.05) is 13.2 Å². The van der Waals surface area contributed by atoms with Gasteiger partial charge in [0.2, 0.25) is 0 Å². The SMILES string of the molecule is CCc1cnn(-c2c(C=O)cnn2C)c1. The molecular formula is C10H12N4O. The Balaban J connectivity index is 2.52. The molecule has 0 aliphatic rings. The third-order valence-electron chi connectivity index (χ3n) is 2.32. The number of nitrogens with zero attached hydrogens (tertiary/aromatic N) is 4. The third-order valence-corrected chi connectivity index (χ3v) is 2.32. The molecule has 0 bridgehead atoms. The zero-order valence-electron chi connectivity index (χ0n) is 8.71. The van der Waals surface area contributed by atoms with Gasteiger partial charge in [0.1, 0.15) is 0 Å². The van der Waals surface area contributed by atoms with E-state index in [-0.39, 0.29) is 0 Å². The summed E-state index contributed by atoms with van der Waals surface area (Å²) in [4.78, 5) is 10.8. The number of rotatable bonds is 3. The van der Waals surface area contributed by atoms with Crippen LogP contribution in [-0.4, -0.2) is 25.8 Å². The summed E-state index contributed by atoms with van der Waals surface area (Å²) >= 11 is 0. The summed E-state index contributed by atoms with van der Waals surface area (Å²) in [7, 11) is 1.79. The lowest BCUT2D eigenvalue weighted by Gasteiger charge is -2.01. The Bertz CT molecular complexity index is 483. The third kappa shape index (κ3) is 1.56. The first-order valence-corrected chi connectivity index (χ1v) is 4.77. The Hall–Kier alpha value is -1.91. The molecule has 2 heterocycles. The summed E-state index contributed by atoms with van der Waals surface area (Å²) in [5.74, 6) is 0.699. The number of hydrogen-bond donors (Lipinski definition) is 0. The highest BCUT2D eigenvalue weighted by Gasteiger charge is 2.10. The van der Waals surface area contributed by atoms with Gasteiger partial charge in [-0.2, -0.15) is 10.2 Å². The van der Waals surface area contributed by atoms with Crippen LogP contribution in [0.3, 0.4) is 0 Å². The van der Waals surface area contributed by atoms with Crippen molar-refractivity contribution < 1.29 is 4.79 Å². The number of aldehydes is 1. The van der Waals surface area contributed by atoms with Crippen molar-refractivity contribution in [1.29, 1.82) is 0 Å². The molecule has 5 nitrogen and oxygen atoms in total. The molecule has 0 fully saturated rings. The van der Waals surface area contributed by atoms with Crippen molar-refractivity contribution in [1.82, 2.24) is 19.6 Å². The minimum atomic E-state index is 0.545. The average Bonchev–Trinajstić information content (AvgIpc) is 2.83. The van der Waals surface area contributed by atoms with E-state index in [9.17, 15) is 4.79 Å². The monoisotopic (exact) mass is 204 g/mol. The zero-order valence-corrected chi connectivity index (χ0v) is 8.71. The van der Waals surface area contributed by atoms with Crippen molar-refractivity contribution in [2.24, 2.45) is 7.05 Å². The second-order valence-corrected chi connectivity index (χ2v) is 3.31. The molecule has 0 aliphatic heterocycles. The van der Waals surface area contributed by atoms with Crippen molar-refractivity contribution in [3.63, 3.8) is 0 Å². The molecule has 0 saturated carbocycles. The van der Waals surface area contributed by atoms with Crippen LogP contribution in [0.1, 0.15) is 22.8 Å². The van der Waals surface area contributed by atoms with Gasteiger partial charge in [0.25, 0.3) is 0 Å². The van der Waals surface area contributed by atoms with Crippen molar-refractivity contribution in [3.8, 4) is 5.82 Å². The van der Waals surface area contributed by atoms with Gasteiger partial charge in [0.05, 0.1) is 18.0 Å². The molecule has 0 spiro atoms. The molecular weight excluding hydrogens is 192 g/mol. The fourth-order valence-corrected chi connectivity index (χ4v) is 1.47. The van der Waals surface area contributed by atoms with Gasteiger partial charge in [0.15, 0.2) is 12.1 Å².